The van der Waals surface area contributed by atoms with Gasteiger partial charge in [-0.05, 0) is 65.2 Å². The summed E-state index contributed by atoms with van der Waals surface area (Å²) in [6.45, 7) is 0. The Bertz CT molecular complexity index is 1280. The Hall–Kier alpha value is -4.30. The monoisotopic (exact) mass is 414 g/mol. The molecule has 0 aliphatic carbocycles. The Morgan fingerprint density at radius 1 is 0.344 bits per heavy atom. The summed E-state index contributed by atoms with van der Waals surface area (Å²) < 4.78 is 12.1. The van der Waals surface area contributed by atoms with E-state index < -0.39 is 0 Å². The molecule has 0 aliphatic heterocycles. The topological polar surface area (TPSA) is 18.5 Å². The average molecular weight is 415 g/mol. The van der Waals surface area contributed by atoms with Crippen LogP contribution in [0, 0.1) is 0 Å². The molecule has 0 atom stereocenters. The minimum absolute atomic E-state index is 0.812. The molecular weight excluding hydrogens is 392 g/mol. The van der Waals surface area contributed by atoms with Crippen LogP contribution in [0.4, 0.5) is 0 Å². The molecule has 0 radical (unpaired) electrons. The second kappa shape index (κ2) is 9.23. The second-order valence-electron chi connectivity index (χ2n) is 7.43. The van der Waals surface area contributed by atoms with Gasteiger partial charge in [0.25, 0.3) is 0 Å². The van der Waals surface area contributed by atoms with Gasteiger partial charge in [-0.1, -0.05) is 84.9 Å². The fourth-order valence-electron chi connectivity index (χ4n) is 3.60. The Morgan fingerprint density at radius 2 is 0.844 bits per heavy atom. The lowest BCUT2D eigenvalue weighted by atomic mass is 9.98. The van der Waals surface area contributed by atoms with Crippen LogP contribution in [0.3, 0.4) is 0 Å². The van der Waals surface area contributed by atoms with Gasteiger partial charge < -0.3 is 9.47 Å². The highest BCUT2D eigenvalue weighted by molar-refractivity contribution is 5.78. The smallest absolute Gasteiger partial charge is 0.135 e. The molecule has 0 spiro atoms. The third-order valence-corrected chi connectivity index (χ3v) is 5.20. The molecule has 0 unspecified atom stereocenters. The predicted octanol–water partition coefficient (Wildman–Crippen LogP) is 8.61. The molecule has 2 heteroatoms. The molecule has 0 saturated heterocycles. The van der Waals surface area contributed by atoms with E-state index in [4.69, 9.17) is 9.47 Å². The first-order valence-electron chi connectivity index (χ1n) is 10.6. The average Bonchev–Trinajstić information content (AvgIpc) is 2.87. The molecule has 5 aromatic carbocycles. The zero-order valence-corrected chi connectivity index (χ0v) is 17.5. The van der Waals surface area contributed by atoms with E-state index >= 15 is 0 Å². The van der Waals surface area contributed by atoms with Crippen LogP contribution >= 0.6 is 0 Å². The SMILES string of the molecule is c1ccc(Oc2ccc(-c3ccc(Oc4ccccc4)c(-c4ccccc4)c3)cc2)cc1. The van der Waals surface area contributed by atoms with Crippen molar-refractivity contribution in [1.29, 1.82) is 0 Å². The van der Waals surface area contributed by atoms with Crippen molar-refractivity contribution in [3.63, 3.8) is 0 Å². The van der Waals surface area contributed by atoms with Crippen LogP contribution in [-0.2, 0) is 0 Å². The van der Waals surface area contributed by atoms with Gasteiger partial charge in [-0.25, -0.2) is 0 Å². The molecule has 5 rings (SSSR count). The fraction of sp³-hybridized carbons (Fsp3) is 0. The molecule has 0 fully saturated rings. The standard InChI is InChI=1S/C30H22O2/c1-4-10-24(11-5-1)29-22-25(18-21-30(29)32-27-14-8-3-9-15-27)23-16-19-28(20-17-23)31-26-12-6-2-7-13-26/h1-22H. The first kappa shape index (κ1) is 19.7. The van der Waals surface area contributed by atoms with Gasteiger partial charge in [0.2, 0.25) is 0 Å². The zero-order valence-electron chi connectivity index (χ0n) is 17.5. The summed E-state index contributed by atoms with van der Waals surface area (Å²) in [5.41, 5.74) is 4.41. The predicted molar refractivity (Wildman–Crippen MR) is 130 cm³/mol. The maximum Gasteiger partial charge on any atom is 0.135 e. The van der Waals surface area contributed by atoms with E-state index in [1.807, 2.05) is 97.1 Å². The van der Waals surface area contributed by atoms with E-state index in [1.165, 1.54) is 0 Å². The minimum atomic E-state index is 0.812. The Labute approximate surface area is 188 Å². The molecule has 0 aliphatic rings. The minimum Gasteiger partial charge on any atom is -0.457 e. The summed E-state index contributed by atoms with van der Waals surface area (Å²) in [5, 5.41) is 0. The number of para-hydroxylation sites is 2. The Morgan fingerprint density at radius 3 is 1.47 bits per heavy atom. The number of hydrogen-bond acceptors (Lipinski definition) is 2. The maximum absolute atomic E-state index is 6.22. The van der Waals surface area contributed by atoms with Crippen molar-refractivity contribution >= 4 is 0 Å². The highest BCUT2D eigenvalue weighted by Gasteiger charge is 2.10. The van der Waals surface area contributed by atoms with Crippen molar-refractivity contribution in [3.05, 3.63) is 133 Å². The third kappa shape index (κ3) is 4.55. The van der Waals surface area contributed by atoms with Crippen LogP contribution in [0.25, 0.3) is 22.3 Å². The van der Waals surface area contributed by atoms with Crippen LogP contribution in [-0.4, -0.2) is 0 Å². The van der Waals surface area contributed by atoms with Gasteiger partial charge in [0.15, 0.2) is 0 Å². The van der Waals surface area contributed by atoms with Gasteiger partial charge in [0, 0.05) is 5.56 Å². The Kier molecular flexibility index (Phi) is 5.67. The highest BCUT2D eigenvalue weighted by Crippen LogP contribution is 2.37. The second-order valence-corrected chi connectivity index (χ2v) is 7.43. The molecular formula is C30H22O2. The first-order valence-corrected chi connectivity index (χ1v) is 10.6. The van der Waals surface area contributed by atoms with E-state index in [0.717, 1.165) is 45.3 Å². The third-order valence-electron chi connectivity index (χ3n) is 5.20. The molecule has 0 aromatic heterocycles. The molecule has 2 nitrogen and oxygen atoms in total. The molecule has 0 saturated carbocycles. The van der Waals surface area contributed by atoms with Crippen molar-refractivity contribution in [2.75, 3.05) is 0 Å². The summed E-state index contributed by atoms with van der Waals surface area (Å²) in [6, 6.07) is 44.5. The van der Waals surface area contributed by atoms with Gasteiger partial charge in [0.05, 0.1) is 0 Å². The van der Waals surface area contributed by atoms with E-state index in [-0.39, 0.29) is 0 Å². The van der Waals surface area contributed by atoms with Crippen LogP contribution in [0.1, 0.15) is 0 Å². The maximum atomic E-state index is 6.22. The number of ether oxygens (including phenoxy) is 2. The van der Waals surface area contributed by atoms with Crippen molar-refractivity contribution in [3.8, 4) is 45.3 Å². The van der Waals surface area contributed by atoms with Gasteiger partial charge >= 0.3 is 0 Å². The van der Waals surface area contributed by atoms with Gasteiger partial charge in [-0.2, -0.15) is 0 Å². The summed E-state index contributed by atoms with van der Waals surface area (Å²) in [5.74, 6) is 3.29. The first-order chi connectivity index (χ1) is 15.8. The largest absolute Gasteiger partial charge is 0.457 e. The lowest BCUT2D eigenvalue weighted by Gasteiger charge is -2.14. The van der Waals surface area contributed by atoms with Gasteiger partial charge in [0.1, 0.15) is 23.0 Å². The summed E-state index contributed by atoms with van der Waals surface area (Å²) >= 11 is 0. The van der Waals surface area contributed by atoms with E-state index in [1.54, 1.807) is 0 Å². The molecule has 0 bridgehead atoms. The van der Waals surface area contributed by atoms with Crippen LogP contribution in [0.2, 0.25) is 0 Å². The summed E-state index contributed by atoms with van der Waals surface area (Å²) in [6.07, 6.45) is 0. The summed E-state index contributed by atoms with van der Waals surface area (Å²) in [4.78, 5) is 0. The fourth-order valence-corrected chi connectivity index (χ4v) is 3.60. The Balaban J connectivity index is 1.47. The molecule has 0 heterocycles. The molecule has 0 N–H and O–H groups in total. The lowest BCUT2D eigenvalue weighted by molar-refractivity contribution is 0.482. The van der Waals surface area contributed by atoms with Crippen molar-refractivity contribution in [2.45, 2.75) is 0 Å². The molecule has 0 amide bonds. The van der Waals surface area contributed by atoms with Crippen LogP contribution in [0.5, 0.6) is 23.0 Å². The lowest BCUT2D eigenvalue weighted by Crippen LogP contribution is -1.90. The van der Waals surface area contributed by atoms with E-state index in [9.17, 15) is 0 Å². The van der Waals surface area contributed by atoms with Crippen molar-refractivity contribution in [2.24, 2.45) is 0 Å². The number of rotatable bonds is 6. The van der Waals surface area contributed by atoms with Gasteiger partial charge in [-0.3, -0.25) is 0 Å². The summed E-state index contributed by atoms with van der Waals surface area (Å²) in [7, 11) is 0. The molecule has 5 aromatic rings. The zero-order chi connectivity index (χ0) is 21.6. The van der Waals surface area contributed by atoms with E-state index in [0.29, 0.717) is 0 Å². The number of hydrogen-bond donors (Lipinski definition) is 0. The van der Waals surface area contributed by atoms with E-state index in [2.05, 4.69) is 36.4 Å². The number of benzene rings is 5. The van der Waals surface area contributed by atoms with Gasteiger partial charge in [-0.15, -0.1) is 0 Å². The highest BCUT2D eigenvalue weighted by atomic mass is 16.5. The van der Waals surface area contributed by atoms with Crippen LogP contribution < -0.4 is 9.47 Å². The van der Waals surface area contributed by atoms with Crippen LogP contribution in [0.15, 0.2) is 133 Å². The van der Waals surface area contributed by atoms with Crippen molar-refractivity contribution < 1.29 is 9.47 Å². The quantitative estimate of drug-likeness (QED) is 0.277. The molecule has 32 heavy (non-hydrogen) atoms. The van der Waals surface area contributed by atoms with Crippen molar-refractivity contribution in [1.82, 2.24) is 0 Å². The normalized spacial score (nSPS) is 10.5. The molecule has 154 valence electrons.